The number of H-pyrrole nitrogens is 1. The molecule has 4 rings (SSSR count). The molecule has 1 aromatic carbocycles. The number of nitrogens with zero attached hydrogens (tertiary/aromatic N) is 3. The molecule has 32 heavy (non-hydrogen) atoms. The van der Waals surface area contributed by atoms with Gasteiger partial charge in [0.15, 0.2) is 0 Å². The van der Waals surface area contributed by atoms with Gasteiger partial charge < -0.3 is 10.3 Å². The molecular weight excluding hydrogens is 465 g/mol. The standard InChI is InChI=1S/C23H17Cl2N5OS/c1-12(2)23(31)30-17-10-13(6-7-27-17)20-19(26-3)18(15-5-4-14(24)11-16(15)25)21(32-20)22-28-8-9-29-22/h4-12H,1-2H3,(H,28,29)(H,27,30,31). The minimum absolute atomic E-state index is 0.129. The summed E-state index contributed by atoms with van der Waals surface area (Å²) in [5.74, 6) is 0.757. The minimum atomic E-state index is -0.176. The molecule has 0 aliphatic heterocycles. The fraction of sp³-hybridized carbons (Fsp3) is 0.130. The third-order valence-electron chi connectivity index (χ3n) is 4.71. The maximum Gasteiger partial charge on any atom is 0.228 e. The summed E-state index contributed by atoms with van der Waals surface area (Å²) in [6.07, 6.45) is 5.00. The van der Waals surface area contributed by atoms with E-state index in [2.05, 4.69) is 25.1 Å². The summed E-state index contributed by atoms with van der Waals surface area (Å²) in [6.45, 7) is 11.6. The number of aromatic nitrogens is 3. The van der Waals surface area contributed by atoms with E-state index in [1.165, 1.54) is 11.3 Å². The highest BCUT2D eigenvalue weighted by Crippen LogP contribution is 2.53. The number of hydrogen-bond donors (Lipinski definition) is 2. The third-order valence-corrected chi connectivity index (χ3v) is 6.49. The second kappa shape index (κ2) is 9.13. The lowest BCUT2D eigenvalue weighted by Crippen LogP contribution is -2.18. The molecule has 4 aromatic rings. The molecule has 0 unspecified atom stereocenters. The van der Waals surface area contributed by atoms with Crippen molar-refractivity contribution in [3.05, 3.63) is 70.4 Å². The molecule has 2 N–H and O–H groups in total. The Morgan fingerprint density at radius 3 is 2.62 bits per heavy atom. The van der Waals surface area contributed by atoms with Crippen LogP contribution in [0.25, 0.3) is 37.1 Å². The number of thiophene rings is 1. The van der Waals surface area contributed by atoms with Crippen LogP contribution >= 0.6 is 34.5 Å². The molecule has 3 heterocycles. The van der Waals surface area contributed by atoms with Crippen molar-refractivity contribution < 1.29 is 4.79 Å². The monoisotopic (exact) mass is 481 g/mol. The number of anilines is 1. The van der Waals surface area contributed by atoms with Crippen LogP contribution in [-0.2, 0) is 4.79 Å². The predicted octanol–water partition coefficient (Wildman–Crippen LogP) is 7.32. The highest BCUT2D eigenvalue weighted by atomic mass is 35.5. The average molecular weight is 482 g/mol. The highest BCUT2D eigenvalue weighted by Gasteiger charge is 2.25. The van der Waals surface area contributed by atoms with Gasteiger partial charge in [0, 0.05) is 45.0 Å². The van der Waals surface area contributed by atoms with E-state index in [4.69, 9.17) is 29.8 Å². The summed E-state index contributed by atoms with van der Waals surface area (Å²) in [5.41, 5.74) is 2.58. The molecule has 0 saturated carbocycles. The number of aromatic amines is 1. The molecule has 9 heteroatoms. The SMILES string of the molecule is [C-]#[N+]c1c(-c2ccnc(NC(=O)C(C)C)c2)sc(-c2ncc[nH]2)c1-c1ccc(Cl)cc1Cl. The van der Waals surface area contributed by atoms with E-state index in [-0.39, 0.29) is 11.8 Å². The van der Waals surface area contributed by atoms with Crippen molar-refractivity contribution in [1.82, 2.24) is 15.0 Å². The van der Waals surface area contributed by atoms with E-state index in [1.807, 2.05) is 19.9 Å². The molecule has 0 bridgehead atoms. The quantitative estimate of drug-likeness (QED) is 0.293. The van der Waals surface area contributed by atoms with Gasteiger partial charge in [-0.05, 0) is 35.4 Å². The Kier molecular flexibility index (Phi) is 6.28. The van der Waals surface area contributed by atoms with Crippen LogP contribution in [0.1, 0.15) is 13.8 Å². The van der Waals surface area contributed by atoms with Gasteiger partial charge in [0.05, 0.1) is 11.4 Å². The number of pyridine rings is 1. The fourth-order valence-corrected chi connectivity index (χ4v) is 4.85. The lowest BCUT2D eigenvalue weighted by atomic mass is 10.0. The summed E-state index contributed by atoms with van der Waals surface area (Å²) >= 11 is 14.0. The maximum atomic E-state index is 12.1. The molecule has 6 nitrogen and oxygen atoms in total. The van der Waals surface area contributed by atoms with Gasteiger partial charge in [-0.3, -0.25) is 4.79 Å². The Balaban J connectivity index is 1.92. The normalized spacial score (nSPS) is 10.9. The predicted molar refractivity (Wildman–Crippen MR) is 130 cm³/mol. The summed E-state index contributed by atoms with van der Waals surface area (Å²) in [5, 5.41) is 3.76. The number of hydrogen-bond acceptors (Lipinski definition) is 4. The zero-order valence-corrected chi connectivity index (χ0v) is 19.4. The topological polar surface area (TPSA) is 75.0 Å². The first-order chi connectivity index (χ1) is 15.4. The lowest BCUT2D eigenvalue weighted by molar-refractivity contribution is -0.118. The van der Waals surface area contributed by atoms with Crippen molar-refractivity contribution in [3.8, 4) is 32.3 Å². The molecule has 0 fully saturated rings. The number of rotatable bonds is 5. The first-order valence-electron chi connectivity index (χ1n) is 9.65. The fourth-order valence-electron chi connectivity index (χ4n) is 3.13. The van der Waals surface area contributed by atoms with Crippen LogP contribution in [0.5, 0.6) is 0 Å². The van der Waals surface area contributed by atoms with Crippen molar-refractivity contribution in [2.75, 3.05) is 5.32 Å². The third kappa shape index (κ3) is 4.26. The second-order valence-electron chi connectivity index (χ2n) is 7.23. The van der Waals surface area contributed by atoms with Crippen molar-refractivity contribution in [2.24, 2.45) is 5.92 Å². The Labute approximate surface area is 199 Å². The van der Waals surface area contributed by atoms with Gasteiger partial charge in [-0.25, -0.2) is 14.8 Å². The van der Waals surface area contributed by atoms with E-state index in [0.717, 1.165) is 15.3 Å². The summed E-state index contributed by atoms with van der Waals surface area (Å²) in [7, 11) is 0. The van der Waals surface area contributed by atoms with E-state index < -0.39 is 0 Å². The van der Waals surface area contributed by atoms with Crippen molar-refractivity contribution >= 4 is 52.0 Å². The molecule has 1 amide bonds. The van der Waals surface area contributed by atoms with Crippen LogP contribution in [0.3, 0.4) is 0 Å². The Bertz CT molecular complexity index is 1340. The highest BCUT2D eigenvalue weighted by molar-refractivity contribution is 7.20. The van der Waals surface area contributed by atoms with Crippen molar-refractivity contribution in [2.45, 2.75) is 13.8 Å². The molecule has 0 radical (unpaired) electrons. The molecule has 3 aromatic heterocycles. The van der Waals surface area contributed by atoms with Gasteiger partial charge >= 0.3 is 0 Å². The van der Waals surface area contributed by atoms with Crippen molar-refractivity contribution in [3.63, 3.8) is 0 Å². The number of benzene rings is 1. The van der Waals surface area contributed by atoms with Gasteiger partial charge in [-0.1, -0.05) is 43.1 Å². The lowest BCUT2D eigenvalue weighted by Gasteiger charge is -2.08. The molecule has 0 spiro atoms. The first kappa shape index (κ1) is 22.0. The van der Waals surface area contributed by atoms with E-state index in [1.54, 1.807) is 42.9 Å². The van der Waals surface area contributed by atoms with Crippen LogP contribution in [0, 0.1) is 12.5 Å². The first-order valence-corrected chi connectivity index (χ1v) is 11.2. The largest absolute Gasteiger partial charge is 0.344 e. The zero-order valence-electron chi connectivity index (χ0n) is 17.1. The maximum absolute atomic E-state index is 12.1. The molecule has 0 aliphatic carbocycles. The summed E-state index contributed by atoms with van der Waals surface area (Å²) in [4.78, 5) is 29.2. The van der Waals surface area contributed by atoms with Crippen LogP contribution in [0.2, 0.25) is 10.0 Å². The molecule has 0 aliphatic rings. The number of carbonyl (C=O) groups excluding carboxylic acids is 1. The Hall–Kier alpha value is -3.18. The van der Waals surface area contributed by atoms with Gasteiger partial charge in [-0.2, -0.15) is 0 Å². The number of imidazole rings is 1. The van der Waals surface area contributed by atoms with E-state index in [0.29, 0.717) is 38.5 Å². The van der Waals surface area contributed by atoms with Gasteiger partial charge in [0.25, 0.3) is 0 Å². The summed E-state index contributed by atoms with van der Waals surface area (Å²) in [6, 6.07) is 8.77. The number of carbonyl (C=O) groups is 1. The molecule has 0 atom stereocenters. The second-order valence-corrected chi connectivity index (χ2v) is 9.10. The van der Waals surface area contributed by atoms with E-state index >= 15 is 0 Å². The molecule has 0 saturated heterocycles. The average Bonchev–Trinajstić information content (AvgIpc) is 3.41. The molecule has 160 valence electrons. The van der Waals surface area contributed by atoms with Crippen LogP contribution in [0.15, 0.2) is 48.9 Å². The molecular formula is C23H17Cl2N5OS. The number of amides is 1. The summed E-state index contributed by atoms with van der Waals surface area (Å²) < 4.78 is 0. The van der Waals surface area contributed by atoms with Crippen LogP contribution < -0.4 is 5.32 Å². The van der Waals surface area contributed by atoms with Gasteiger partial charge in [0.2, 0.25) is 11.6 Å². The van der Waals surface area contributed by atoms with Crippen LogP contribution in [0.4, 0.5) is 11.5 Å². The number of nitrogens with one attached hydrogen (secondary N) is 2. The smallest absolute Gasteiger partial charge is 0.228 e. The van der Waals surface area contributed by atoms with E-state index in [9.17, 15) is 4.79 Å². The van der Waals surface area contributed by atoms with Gasteiger partial charge in [0.1, 0.15) is 11.6 Å². The Morgan fingerprint density at radius 1 is 1.16 bits per heavy atom. The minimum Gasteiger partial charge on any atom is -0.344 e. The van der Waals surface area contributed by atoms with Gasteiger partial charge in [-0.15, -0.1) is 11.3 Å². The zero-order chi connectivity index (χ0) is 22.8. The van der Waals surface area contributed by atoms with Crippen LogP contribution in [-0.4, -0.2) is 20.9 Å². The Morgan fingerprint density at radius 2 is 1.97 bits per heavy atom. The van der Waals surface area contributed by atoms with Crippen molar-refractivity contribution in [1.29, 1.82) is 0 Å². The number of halogens is 2.